The number of piperidine rings is 1. The molecule has 27 heavy (non-hydrogen) atoms. The molecule has 6 nitrogen and oxygen atoms in total. The van der Waals surface area contributed by atoms with Crippen molar-refractivity contribution in [1.82, 2.24) is 15.2 Å². The van der Waals surface area contributed by atoms with Gasteiger partial charge in [-0.15, -0.1) is 0 Å². The molecule has 1 aromatic carbocycles. The number of nitrogens with zero attached hydrogens (tertiary/aromatic N) is 2. The van der Waals surface area contributed by atoms with Crippen LogP contribution in [-0.4, -0.2) is 41.9 Å². The number of carbonyl (C=O) groups excluding carboxylic acids is 2. The van der Waals surface area contributed by atoms with Crippen LogP contribution in [0.1, 0.15) is 24.0 Å². The largest absolute Gasteiger partial charge is 0.497 e. The maximum Gasteiger partial charge on any atom is 0.224 e. The first-order valence-corrected chi connectivity index (χ1v) is 9.23. The first kappa shape index (κ1) is 18.9. The van der Waals surface area contributed by atoms with Gasteiger partial charge in [-0.3, -0.25) is 14.6 Å². The van der Waals surface area contributed by atoms with E-state index in [9.17, 15) is 9.59 Å². The lowest BCUT2D eigenvalue weighted by Gasteiger charge is -2.32. The summed E-state index contributed by atoms with van der Waals surface area (Å²) < 4.78 is 5.24. The molecule has 3 rings (SSSR count). The average Bonchev–Trinajstić information content (AvgIpc) is 2.70. The summed E-state index contributed by atoms with van der Waals surface area (Å²) in [5, 5.41) is 3.00. The van der Waals surface area contributed by atoms with Gasteiger partial charge in [-0.2, -0.15) is 0 Å². The van der Waals surface area contributed by atoms with Crippen molar-refractivity contribution < 1.29 is 14.3 Å². The van der Waals surface area contributed by atoms with Gasteiger partial charge in [-0.1, -0.05) is 12.1 Å². The number of hydrogen-bond donors (Lipinski definition) is 1. The number of methoxy groups -OCH3 is 1. The van der Waals surface area contributed by atoms with Crippen LogP contribution in [0, 0.1) is 5.92 Å². The van der Waals surface area contributed by atoms with E-state index < -0.39 is 0 Å². The summed E-state index contributed by atoms with van der Waals surface area (Å²) in [4.78, 5) is 30.5. The summed E-state index contributed by atoms with van der Waals surface area (Å²) in [5.74, 6) is 0.721. The van der Waals surface area contributed by atoms with Gasteiger partial charge in [-0.05, 0) is 48.2 Å². The Labute approximate surface area is 159 Å². The molecule has 2 amide bonds. The molecular formula is C21H25N3O3. The van der Waals surface area contributed by atoms with Crippen LogP contribution >= 0.6 is 0 Å². The molecule has 1 aliphatic heterocycles. The van der Waals surface area contributed by atoms with Gasteiger partial charge in [0.1, 0.15) is 5.75 Å². The Morgan fingerprint density at radius 3 is 2.85 bits per heavy atom. The number of pyridine rings is 1. The molecule has 1 saturated heterocycles. The standard InChI is InChI=1S/C21H25N3O3/c1-27-19-4-2-3-17(13-19)14-24-15-18(5-6-20(24)25)21(26)23-12-9-16-7-10-22-11-8-16/h2-4,7-8,10-11,13,18H,5-6,9,12,14-15H2,1H3,(H,23,26)/t18-/m0/s1. The fraction of sp³-hybridized carbons (Fsp3) is 0.381. The molecule has 2 aromatic rings. The van der Waals surface area contributed by atoms with Crippen molar-refractivity contribution in [1.29, 1.82) is 0 Å². The molecule has 0 bridgehead atoms. The summed E-state index contributed by atoms with van der Waals surface area (Å²) in [6.45, 7) is 1.54. The van der Waals surface area contributed by atoms with Crippen molar-refractivity contribution in [2.24, 2.45) is 5.92 Å². The summed E-state index contributed by atoms with van der Waals surface area (Å²) in [5.41, 5.74) is 2.14. The second-order valence-corrected chi connectivity index (χ2v) is 6.76. The third-order valence-corrected chi connectivity index (χ3v) is 4.84. The maximum absolute atomic E-state index is 12.5. The Bertz CT molecular complexity index is 779. The summed E-state index contributed by atoms with van der Waals surface area (Å²) in [6.07, 6.45) is 5.29. The SMILES string of the molecule is COc1cccc(CN2C[C@@H](C(=O)NCCc3ccncc3)CCC2=O)c1. The lowest BCUT2D eigenvalue weighted by atomic mass is 9.96. The zero-order chi connectivity index (χ0) is 19.1. The van der Waals surface area contributed by atoms with E-state index in [0.29, 0.717) is 32.5 Å². The molecule has 6 heteroatoms. The number of carbonyl (C=O) groups is 2. The topological polar surface area (TPSA) is 71.5 Å². The van der Waals surface area contributed by atoms with Crippen molar-refractivity contribution in [3.05, 3.63) is 59.9 Å². The van der Waals surface area contributed by atoms with E-state index in [4.69, 9.17) is 4.74 Å². The average molecular weight is 367 g/mol. The van der Waals surface area contributed by atoms with Crippen molar-refractivity contribution in [2.75, 3.05) is 20.2 Å². The predicted molar refractivity (Wildman–Crippen MR) is 102 cm³/mol. The number of ether oxygens (including phenoxy) is 1. The van der Waals surface area contributed by atoms with Crippen molar-refractivity contribution >= 4 is 11.8 Å². The van der Waals surface area contributed by atoms with E-state index in [1.54, 1.807) is 24.4 Å². The van der Waals surface area contributed by atoms with Crippen molar-refractivity contribution in [2.45, 2.75) is 25.8 Å². The van der Waals surface area contributed by atoms with Gasteiger partial charge in [0, 0.05) is 38.4 Å². The molecule has 1 N–H and O–H groups in total. The van der Waals surface area contributed by atoms with Crippen LogP contribution in [0.2, 0.25) is 0 Å². The number of benzene rings is 1. The van der Waals surface area contributed by atoms with Crippen LogP contribution in [-0.2, 0) is 22.6 Å². The highest BCUT2D eigenvalue weighted by molar-refractivity contribution is 5.83. The molecule has 0 saturated carbocycles. The lowest BCUT2D eigenvalue weighted by molar-refractivity contribution is -0.138. The molecule has 0 aliphatic carbocycles. The highest BCUT2D eigenvalue weighted by Gasteiger charge is 2.30. The second kappa shape index (κ2) is 9.16. The molecule has 1 aliphatic rings. The van der Waals surface area contributed by atoms with E-state index >= 15 is 0 Å². The Balaban J connectivity index is 1.52. The molecular weight excluding hydrogens is 342 g/mol. The molecule has 1 fully saturated rings. The van der Waals surface area contributed by atoms with E-state index in [1.807, 2.05) is 36.4 Å². The number of hydrogen-bond acceptors (Lipinski definition) is 4. The highest BCUT2D eigenvalue weighted by Crippen LogP contribution is 2.21. The van der Waals surface area contributed by atoms with Crippen LogP contribution < -0.4 is 10.1 Å². The maximum atomic E-state index is 12.5. The molecule has 0 unspecified atom stereocenters. The van der Waals surface area contributed by atoms with Crippen LogP contribution in [0.4, 0.5) is 0 Å². The molecule has 1 atom stereocenters. The quantitative estimate of drug-likeness (QED) is 0.814. The Hall–Kier alpha value is -2.89. The van der Waals surface area contributed by atoms with Gasteiger partial charge in [0.25, 0.3) is 0 Å². The van der Waals surface area contributed by atoms with Crippen LogP contribution in [0.25, 0.3) is 0 Å². The number of nitrogens with one attached hydrogen (secondary N) is 1. The van der Waals surface area contributed by atoms with Crippen molar-refractivity contribution in [3.8, 4) is 5.75 Å². The van der Waals surface area contributed by atoms with Gasteiger partial charge in [0.15, 0.2) is 0 Å². The van der Waals surface area contributed by atoms with Gasteiger partial charge >= 0.3 is 0 Å². The minimum atomic E-state index is -0.161. The minimum absolute atomic E-state index is 0.0206. The fourth-order valence-electron chi connectivity index (χ4n) is 3.30. The number of aromatic nitrogens is 1. The second-order valence-electron chi connectivity index (χ2n) is 6.76. The fourth-order valence-corrected chi connectivity index (χ4v) is 3.30. The molecule has 1 aromatic heterocycles. The van der Waals surface area contributed by atoms with Crippen LogP contribution in [0.15, 0.2) is 48.8 Å². The van der Waals surface area contributed by atoms with Crippen LogP contribution in [0.3, 0.4) is 0 Å². The molecule has 142 valence electrons. The van der Waals surface area contributed by atoms with Gasteiger partial charge < -0.3 is 15.0 Å². The first-order chi connectivity index (χ1) is 13.2. The molecule has 0 spiro atoms. The first-order valence-electron chi connectivity index (χ1n) is 9.23. The molecule has 2 heterocycles. The van der Waals surface area contributed by atoms with Gasteiger partial charge in [-0.25, -0.2) is 0 Å². The zero-order valence-corrected chi connectivity index (χ0v) is 15.6. The van der Waals surface area contributed by atoms with Crippen LogP contribution in [0.5, 0.6) is 5.75 Å². The third kappa shape index (κ3) is 5.29. The van der Waals surface area contributed by atoms with Gasteiger partial charge in [0.05, 0.1) is 13.0 Å². The Morgan fingerprint density at radius 2 is 2.07 bits per heavy atom. The van der Waals surface area contributed by atoms with E-state index in [-0.39, 0.29) is 17.7 Å². The normalized spacial score (nSPS) is 16.9. The van der Waals surface area contributed by atoms with E-state index in [0.717, 1.165) is 23.3 Å². The highest BCUT2D eigenvalue weighted by atomic mass is 16.5. The predicted octanol–water partition coefficient (Wildman–Crippen LogP) is 2.19. The number of amides is 2. The van der Waals surface area contributed by atoms with Gasteiger partial charge in [0.2, 0.25) is 11.8 Å². The van der Waals surface area contributed by atoms with E-state index in [1.165, 1.54) is 0 Å². The number of likely N-dealkylation sites (tertiary alicyclic amines) is 1. The smallest absolute Gasteiger partial charge is 0.224 e. The summed E-state index contributed by atoms with van der Waals surface area (Å²) in [7, 11) is 1.62. The monoisotopic (exact) mass is 367 g/mol. The summed E-state index contributed by atoms with van der Waals surface area (Å²) >= 11 is 0. The minimum Gasteiger partial charge on any atom is -0.497 e. The lowest BCUT2D eigenvalue weighted by Crippen LogP contribution is -2.45. The van der Waals surface area contributed by atoms with Crippen molar-refractivity contribution in [3.63, 3.8) is 0 Å². The number of rotatable bonds is 7. The Kier molecular flexibility index (Phi) is 6.41. The summed E-state index contributed by atoms with van der Waals surface area (Å²) in [6, 6.07) is 11.6. The Morgan fingerprint density at radius 1 is 1.26 bits per heavy atom. The third-order valence-electron chi connectivity index (χ3n) is 4.84. The van der Waals surface area contributed by atoms with E-state index in [2.05, 4.69) is 10.3 Å². The zero-order valence-electron chi connectivity index (χ0n) is 15.6. The molecule has 0 radical (unpaired) electrons.